The Morgan fingerprint density at radius 3 is 3.24 bits per heavy atom. The zero-order valence-corrected chi connectivity index (χ0v) is 12.8. The molecule has 7 heteroatoms. The average molecular weight is 305 g/mol. The predicted molar refractivity (Wildman–Crippen MR) is 83.8 cm³/mol. The Bertz CT molecular complexity index is 653. The van der Waals surface area contributed by atoms with E-state index in [1.54, 1.807) is 23.7 Å². The van der Waals surface area contributed by atoms with Crippen LogP contribution in [0.2, 0.25) is 0 Å². The fraction of sp³-hybridized carbons (Fsp3) is 0.500. The van der Waals surface area contributed by atoms with Gasteiger partial charge in [-0.25, -0.2) is 9.97 Å². The van der Waals surface area contributed by atoms with Crippen LogP contribution in [0.25, 0.3) is 0 Å². The average Bonchev–Trinajstić information content (AvgIpc) is 2.92. The summed E-state index contributed by atoms with van der Waals surface area (Å²) in [5, 5.41) is 6.72. The zero-order valence-electron chi connectivity index (χ0n) is 12.0. The van der Waals surface area contributed by atoms with Crippen molar-refractivity contribution < 1.29 is 0 Å². The van der Waals surface area contributed by atoms with Crippen LogP contribution in [-0.4, -0.2) is 34.1 Å². The number of piperidine rings is 1. The van der Waals surface area contributed by atoms with Gasteiger partial charge in [-0.05, 0) is 19.8 Å². The summed E-state index contributed by atoms with van der Waals surface area (Å²) in [5.74, 6) is 0.522. The number of aryl methyl sites for hydroxylation is 1. The minimum absolute atomic E-state index is 0.117. The van der Waals surface area contributed by atoms with Gasteiger partial charge in [-0.3, -0.25) is 4.79 Å². The third kappa shape index (κ3) is 3.48. The van der Waals surface area contributed by atoms with Crippen molar-refractivity contribution in [3.05, 3.63) is 38.8 Å². The van der Waals surface area contributed by atoms with Crippen LogP contribution in [-0.2, 0) is 6.54 Å². The molecule has 0 bridgehead atoms. The maximum absolute atomic E-state index is 11.8. The van der Waals surface area contributed by atoms with Gasteiger partial charge >= 0.3 is 0 Å². The molecule has 1 saturated heterocycles. The lowest BCUT2D eigenvalue weighted by Crippen LogP contribution is -2.47. The van der Waals surface area contributed by atoms with Crippen LogP contribution in [0.3, 0.4) is 0 Å². The van der Waals surface area contributed by atoms with Gasteiger partial charge in [0, 0.05) is 49.1 Å². The van der Waals surface area contributed by atoms with Crippen LogP contribution in [0, 0.1) is 6.92 Å². The molecular formula is C14H19N5OS. The summed E-state index contributed by atoms with van der Waals surface area (Å²) in [6, 6.07) is 0.365. The molecule has 1 fully saturated rings. The van der Waals surface area contributed by atoms with Crippen molar-refractivity contribution in [2.45, 2.75) is 32.4 Å². The highest BCUT2D eigenvalue weighted by atomic mass is 32.1. The first kappa shape index (κ1) is 14.2. The first-order valence-corrected chi connectivity index (χ1v) is 8.03. The second-order valence-corrected chi connectivity index (χ2v) is 6.23. The minimum atomic E-state index is -0.117. The van der Waals surface area contributed by atoms with Crippen molar-refractivity contribution in [3.8, 4) is 0 Å². The number of H-pyrrole nitrogens is 1. The number of aromatic amines is 1. The second-order valence-electron chi connectivity index (χ2n) is 5.29. The van der Waals surface area contributed by atoms with Gasteiger partial charge in [-0.1, -0.05) is 0 Å². The van der Waals surface area contributed by atoms with E-state index in [9.17, 15) is 4.79 Å². The van der Waals surface area contributed by atoms with Crippen molar-refractivity contribution in [1.82, 2.24) is 20.3 Å². The monoisotopic (exact) mass is 305 g/mol. The maximum atomic E-state index is 11.8. The molecule has 0 aromatic carbocycles. The Labute approximate surface area is 127 Å². The molecule has 0 spiro atoms. The van der Waals surface area contributed by atoms with Crippen molar-refractivity contribution in [3.63, 3.8) is 0 Å². The molecule has 1 aliphatic rings. The number of aromatic nitrogens is 3. The van der Waals surface area contributed by atoms with E-state index >= 15 is 0 Å². The summed E-state index contributed by atoms with van der Waals surface area (Å²) in [7, 11) is 0. The van der Waals surface area contributed by atoms with Crippen LogP contribution < -0.4 is 15.8 Å². The maximum Gasteiger partial charge on any atom is 0.290 e. The molecule has 112 valence electrons. The fourth-order valence-corrected chi connectivity index (χ4v) is 3.34. The number of rotatable bonds is 4. The lowest BCUT2D eigenvalue weighted by Gasteiger charge is -2.33. The van der Waals surface area contributed by atoms with Gasteiger partial charge in [0.2, 0.25) is 0 Å². The molecule has 0 saturated carbocycles. The molecule has 21 heavy (non-hydrogen) atoms. The quantitative estimate of drug-likeness (QED) is 0.890. The zero-order chi connectivity index (χ0) is 14.7. The smallest absolute Gasteiger partial charge is 0.290 e. The first-order chi connectivity index (χ1) is 10.2. The topological polar surface area (TPSA) is 73.9 Å². The normalized spacial score (nSPS) is 18.9. The van der Waals surface area contributed by atoms with Crippen LogP contribution in [0.1, 0.15) is 23.5 Å². The molecule has 0 aliphatic carbocycles. The van der Waals surface area contributed by atoms with E-state index in [4.69, 9.17) is 0 Å². The molecule has 3 heterocycles. The van der Waals surface area contributed by atoms with Gasteiger partial charge in [0.05, 0.1) is 0 Å². The van der Waals surface area contributed by atoms with Crippen molar-refractivity contribution in [2.75, 3.05) is 18.0 Å². The summed E-state index contributed by atoms with van der Waals surface area (Å²) in [6.45, 7) is 4.49. The molecular weight excluding hydrogens is 286 g/mol. The van der Waals surface area contributed by atoms with Crippen LogP contribution in [0.15, 0.2) is 22.6 Å². The predicted octanol–water partition coefficient (Wildman–Crippen LogP) is 1.29. The van der Waals surface area contributed by atoms with Crippen LogP contribution in [0.5, 0.6) is 0 Å². The molecule has 0 amide bonds. The number of hydrogen-bond donors (Lipinski definition) is 2. The van der Waals surface area contributed by atoms with E-state index in [1.165, 1.54) is 0 Å². The van der Waals surface area contributed by atoms with Crippen molar-refractivity contribution in [1.29, 1.82) is 0 Å². The van der Waals surface area contributed by atoms with E-state index in [0.29, 0.717) is 11.9 Å². The number of nitrogens with zero attached hydrogens (tertiary/aromatic N) is 3. The van der Waals surface area contributed by atoms with Crippen molar-refractivity contribution >= 4 is 17.2 Å². The highest BCUT2D eigenvalue weighted by Gasteiger charge is 2.22. The number of anilines is 1. The third-order valence-electron chi connectivity index (χ3n) is 3.62. The fourth-order valence-electron chi connectivity index (χ4n) is 2.62. The standard InChI is InChI=1S/C14H19N5OS/c1-10-9-21-12(18-10)7-17-11-3-2-6-19(8-11)13-14(20)16-5-4-15-13/h4-5,9,11,17H,2-3,6-8H2,1H3,(H,16,20). The number of hydrogen-bond acceptors (Lipinski definition) is 6. The lowest BCUT2D eigenvalue weighted by molar-refractivity contribution is 0.419. The van der Waals surface area contributed by atoms with Gasteiger partial charge in [-0.15, -0.1) is 11.3 Å². The second kappa shape index (κ2) is 6.36. The summed E-state index contributed by atoms with van der Waals surface area (Å²) >= 11 is 1.68. The molecule has 0 radical (unpaired) electrons. The molecule has 2 N–H and O–H groups in total. The van der Waals surface area contributed by atoms with Crippen LogP contribution >= 0.6 is 11.3 Å². The molecule has 3 rings (SSSR count). The van der Waals surface area contributed by atoms with Gasteiger partial charge in [0.15, 0.2) is 5.82 Å². The minimum Gasteiger partial charge on any atom is -0.350 e. The summed E-state index contributed by atoms with van der Waals surface area (Å²) < 4.78 is 0. The summed E-state index contributed by atoms with van der Waals surface area (Å²) in [5.41, 5.74) is 0.954. The third-order valence-corrected chi connectivity index (χ3v) is 4.58. The first-order valence-electron chi connectivity index (χ1n) is 7.15. The van der Waals surface area contributed by atoms with E-state index < -0.39 is 0 Å². The Balaban J connectivity index is 1.61. The Morgan fingerprint density at radius 2 is 2.48 bits per heavy atom. The van der Waals surface area contributed by atoms with Crippen LogP contribution in [0.4, 0.5) is 5.82 Å². The van der Waals surface area contributed by atoms with E-state index in [-0.39, 0.29) is 5.56 Å². The lowest BCUT2D eigenvalue weighted by atomic mass is 10.1. The largest absolute Gasteiger partial charge is 0.350 e. The highest BCUT2D eigenvalue weighted by molar-refractivity contribution is 7.09. The molecule has 1 aliphatic heterocycles. The SMILES string of the molecule is Cc1csc(CNC2CCCN(c3ncc[nH]c3=O)C2)n1. The highest BCUT2D eigenvalue weighted by Crippen LogP contribution is 2.15. The Kier molecular flexibility index (Phi) is 4.31. The van der Waals surface area contributed by atoms with Gasteiger partial charge in [0.1, 0.15) is 5.01 Å². The van der Waals surface area contributed by atoms with Crippen molar-refractivity contribution in [2.24, 2.45) is 0 Å². The number of nitrogens with one attached hydrogen (secondary N) is 2. The van der Waals surface area contributed by atoms with Gasteiger partial charge < -0.3 is 15.2 Å². The van der Waals surface area contributed by atoms with E-state index in [0.717, 1.165) is 43.2 Å². The molecule has 2 aromatic rings. The molecule has 1 unspecified atom stereocenters. The van der Waals surface area contributed by atoms with Gasteiger partial charge in [0.25, 0.3) is 5.56 Å². The molecule has 2 aromatic heterocycles. The Morgan fingerprint density at radius 1 is 1.57 bits per heavy atom. The summed E-state index contributed by atoms with van der Waals surface area (Å²) in [4.78, 5) is 25.2. The molecule has 6 nitrogen and oxygen atoms in total. The van der Waals surface area contributed by atoms with Gasteiger partial charge in [-0.2, -0.15) is 0 Å². The summed E-state index contributed by atoms with van der Waals surface area (Å²) in [6.07, 6.45) is 5.37. The van der Waals surface area contributed by atoms with E-state index in [1.807, 2.05) is 6.92 Å². The Hall–Kier alpha value is -1.73. The molecule has 1 atom stereocenters. The number of thiazole rings is 1. The van der Waals surface area contributed by atoms with E-state index in [2.05, 4.69) is 30.5 Å².